The van der Waals surface area contributed by atoms with Crippen LogP contribution in [0.2, 0.25) is 0 Å². The molecule has 0 unspecified atom stereocenters. The van der Waals surface area contributed by atoms with Gasteiger partial charge in [0.25, 0.3) is 0 Å². The van der Waals surface area contributed by atoms with Crippen molar-refractivity contribution in [2.24, 2.45) is 10.9 Å². The molecule has 0 radical (unpaired) electrons. The van der Waals surface area contributed by atoms with E-state index in [2.05, 4.69) is 21.9 Å². The van der Waals surface area contributed by atoms with E-state index >= 15 is 0 Å². The second kappa shape index (κ2) is 12.0. The molecule has 0 aliphatic rings. The Labute approximate surface area is 139 Å². The first-order valence-corrected chi connectivity index (χ1v) is 8.31. The third kappa shape index (κ3) is 8.04. The number of aromatic nitrogens is 2. The lowest BCUT2D eigenvalue weighted by atomic mass is 9.98. The van der Waals surface area contributed by atoms with Gasteiger partial charge in [-0.2, -0.15) is 0 Å². The van der Waals surface area contributed by atoms with Gasteiger partial charge in [0.15, 0.2) is 11.6 Å². The van der Waals surface area contributed by atoms with E-state index in [1.807, 2.05) is 13.1 Å². The van der Waals surface area contributed by atoms with E-state index in [0.29, 0.717) is 36.5 Å². The molecule has 1 heterocycles. The van der Waals surface area contributed by atoms with Crippen LogP contribution in [-0.4, -0.2) is 48.2 Å². The second-order valence-electron chi connectivity index (χ2n) is 5.49. The van der Waals surface area contributed by atoms with Gasteiger partial charge in [0.1, 0.15) is 12.4 Å². The van der Waals surface area contributed by atoms with Crippen LogP contribution >= 0.6 is 0 Å². The lowest BCUT2D eigenvalue weighted by molar-refractivity contribution is 0.146. The molecule has 0 saturated heterocycles. The maximum atomic E-state index is 9.03. The van der Waals surface area contributed by atoms with Crippen LogP contribution in [-0.2, 0) is 4.74 Å². The number of aliphatic hydroxyl groups is 1. The van der Waals surface area contributed by atoms with Crippen molar-refractivity contribution < 1.29 is 14.6 Å². The highest BCUT2D eigenvalue weighted by Gasteiger charge is 2.09. The van der Waals surface area contributed by atoms with E-state index < -0.39 is 0 Å². The number of nitrogens with zero attached hydrogens (tertiary/aromatic N) is 3. The Morgan fingerprint density at radius 2 is 2.09 bits per heavy atom. The van der Waals surface area contributed by atoms with Crippen molar-refractivity contribution in [2.75, 3.05) is 26.9 Å². The third-order valence-corrected chi connectivity index (χ3v) is 3.47. The highest BCUT2D eigenvalue weighted by Crippen LogP contribution is 2.24. The van der Waals surface area contributed by atoms with Gasteiger partial charge in [0.05, 0.1) is 12.8 Å². The predicted molar refractivity (Wildman–Crippen MR) is 91.6 cm³/mol. The molecule has 0 fully saturated rings. The van der Waals surface area contributed by atoms with Gasteiger partial charge >= 0.3 is 0 Å². The molecule has 1 atom stereocenters. The molecule has 0 bridgehead atoms. The summed E-state index contributed by atoms with van der Waals surface area (Å²) in [4.78, 5) is 13.0. The van der Waals surface area contributed by atoms with Gasteiger partial charge in [-0.1, -0.05) is 19.8 Å². The molecule has 1 N–H and O–H groups in total. The number of hydrogen-bond acceptors (Lipinski definition) is 6. The number of ether oxygens (including phenoxy) is 2. The molecule has 1 rings (SSSR count). The van der Waals surface area contributed by atoms with E-state index in [-0.39, 0.29) is 6.61 Å². The Morgan fingerprint density at radius 1 is 1.30 bits per heavy atom. The molecule has 0 aromatic carbocycles. The van der Waals surface area contributed by atoms with Crippen LogP contribution in [0.4, 0.5) is 5.82 Å². The van der Waals surface area contributed by atoms with Crippen LogP contribution in [0.1, 0.15) is 44.9 Å². The molecule has 23 heavy (non-hydrogen) atoms. The van der Waals surface area contributed by atoms with Gasteiger partial charge in [-0.15, -0.1) is 0 Å². The molecule has 1 aromatic heterocycles. The van der Waals surface area contributed by atoms with Gasteiger partial charge in [0, 0.05) is 19.9 Å². The fraction of sp³-hybridized carbons (Fsp3) is 0.706. The van der Waals surface area contributed by atoms with Crippen molar-refractivity contribution in [3.8, 4) is 5.75 Å². The van der Waals surface area contributed by atoms with Crippen LogP contribution in [0.5, 0.6) is 5.75 Å². The lowest BCUT2D eigenvalue weighted by Crippen LogP contribution is -2.06. The normalized spacial score (nSPS) is 12.7. The molecule has 0 amide bonds. The first-order valence-electron chi connectivity index (χ1n) is 8.31. The zero-order valence-corrected chi connectivity index (χ0v) is 14.5. The molecule has 0 saturated carbocycles. The van der Waals surface area contributed by atoms with E-state index in [1.54, 1.807) is 13.3 Å². The van der Waals surface area contributed by atoms with Gasteiger partial charge in [-0.05, 0) is 32.1 Å². The standard InChI is InChI=1S/C17H29N3O3/c1-4-5-7-15(8-6-9-21)12-19-17-16(23-11-10-22-3)13-18-14(2)20-17/h12-13,15,21H,4-11H2,1-3H3/t15-/m1/s1. The van der Waals surface area contributed by atoms with Crippen LogP contribution in [0.3, 0.4) is 0 Å². The fourth-order valence-electron chi connectivity index (χ4n) is 2.17. The molecular formula is C17H29N3O3. The zero-order valence-electron chi connectivity index (χ0n) is 14.5. The number of rotatable bonds is 12. The maximum absolute atomic E-state index is 9.03. The Kier molecular flexibility index (Phi) is 10.2. The molecule has 0 aliphatic heterocycles. The summed E-state index contributed by atoms with van der Waals surface area (Å²) in [6, 6.07) is 0. The maximum Gasteiger partial charge on any atom is 0.198 e. The molecule has 0 aliphatic carbocycles. The average molecular weight is 323 g/mol. The number of unbranched alkanes of at least 4 members (excludes halogenated alkanes) is 1. The Bertz CT molecular complexity index is 458. The average Bonchev–Trinajstić information content (AvgIpc) is 2.56. The Hall–Kier alpha value is -1.53. The second-order valence-corrected chi connectivity index (χ2v) is 5.49. The largest absolute Gasteiger partial charge is 0.486 e. The van der Waals surface area contributed by atoms with E-state index in [9.17, 15) is 0 Å². The number of hydrogen-bond donors (Lipinski definition) is 1. The van der Waals surface area contributed by atoms with Gasteiger partial charge < -0.3 is 14.6 Å². The first kappa shape index (κ1) is 19.5. The van der Waals surface area contributed by atoms with Crippen molar-refractivity contribution in [3.63, 3.8) is 0 Å². The van der Waals surface area contributed by atoms with Gasteiger partial charge in [0.2, 0.25) is 0 Å². The monoisotopic (exact) mass is 323 g/mol. The quantitative estimate of drug-likeness (QED) is 0.472. The highest BCUT2D eigenvalue weighted by atomic mass is 16.5. The SMILES string of the molecule is CCCC[C@@H](C=Nc1nc(C)ncc1OCCOC)CCCO. The van der Waals surface area contributed by atoms with Crippen LogP contribution < -0.4 is 4.74 Å². The summed E-state index contributed by atoms with van der Waals surface area (Å²) in [6.07, 6.45) is 8.70. The third-order valence-electron chi connectivity index (χ3n) is 3.47. The van der Waals surface area contributed by atoms with Crippen molar-refractivity contribution in [1.29, 1.82) is 0 Å². The summed E-state index contributed by atoms with van der Waals surface area (Å²) in [5.74, 6) is 2.14. The number of aliphatic hydroxyl groups excluding tert-OH is 1. The number of aliphatic imine (C=N–C) groups is 1. The molecule has 1 aromatic rings. The molecule has 0 spiro atoms. The lowest BCUT2D eigenvalue weighted by Gasteiger charge is -2.11. The summed E-state index contributed by atoms with van der Waals surface area (Å²) in [5, 5.41) is 9.03. The summed E-state index contributed by atoms with van der Waals surface area (Å²) >= 11 is 0. The predicted octanol–water partition coefficient (Wildman–Crippen LogP) is 3.09. The highest BCUT2D eigenvalue weighted by molar-refractivity contribution is 5.66. The molecule has 6 nitrogen and oxygen atoms in total. The minimum Gasteiger partial charge on any atom is -0.486 e. The van der Waals surface area contributed by atoms with E-state index in [1.165, 1.54) is 0 Å². The summed E-state index contributed by atoms with van der Waals surface area (Å²) < 4.78 is 10.6. The van der Waals surface area contributed by atoms with Crippen molar-refractivity contribution in [2.45, 2.75) is 46.0 Å². The summed E-state index contributed by atoms with van der Waals surface area (Å²) in [5.41, 5.74) is 0. The minimum absolute atomic E-state index is 0.217. The zero-order chi connectivity index (χ0) is 16.9. The molecule has 6 heteroatoms. The number of methoxy groups -OCH3 is 1. The van der Waals surface area contributed by atoms with Gasteiger partial charge in [-0.25, -0.2) is 15.0 Å². The Balaban J connectivity index is 2.78. The summed E-state index contributed by atoms with van der Waals surface area (Å²) in [6.45, 7) is 5.17. The van der Waals surface area contributed by atoms with E-state index in [0.717, 1.165) is 32.1 Å². The van der Waals surface area contributed by atoms with Crippen LogP contribution in [0.15, 0.2) is 11.2 Å². The topological polar surface area (TPSA) is 76.8 Å². The van der Waals surface area contributed by atoms with Crippen LogP contribution in [0, 0.1) is 12.8 Å². The van der Waals surface area contributed by atoms with Crippen molar-refractivity contribution in [3.05, 3.63) is 12.0 Å². The fourth-order valence-corrected chi connectivity index (χ4v) is 2.17. The first-order chi connectivity index (χ1) is 11.2. The molecular weight excluding hydrogens is 294 g/mol. The smallest absolute Gasteiger partial charge is 0.198 e. The van der Waals surface area contributed by atoms with Crippen molar-refractivity contribution in [1.82, 2.24) is 9.97 Å². The van der Waals surface area contributed by atoms with Crippen LogP contribution in [0.25, 0.3) is 0 Å². The Morgan fingerprint density at radius 3 is 2.78 bits per heavy atom. The van der Waals surface area contributed by atoms with Gasteiger partial charge in [-0.3, -0.25) is 0 Å². The molecule has 130 valence electrons. The minimum atomic E-state index is 0.217. The van der Waals surface area contributed by atoms with E-state index in [4.69, 9.17) is 14.6 Å². The number of aryl methyl sites for hydroxylation is 1. The summed E-state index contributed by atoms with van der Waals surface area (Å²) in [7, 11) is 1.63. The van der Waals surface area contributed by atoms with Crippen molar-refractivity contribution >= 4 is 12.0 Å².